The highest BCUT2D eigenvalue weighted by atomic mass is 35.5. The number of halogens is 2. The summed E-state index contributed by atoms with van der Waals surface area (Å²) < 4.78 is 6.50. The molecule has 158 valence electrons. The molecule has 0 unspecified atom stereocenters. The Morgan fingerprint density at radius 3 is 2.48 bits per heavy atom. The summed E-state index contributed by atoms with van der Waals surface area (Å²) in [6.07, 6.45) is 1.44. The molecule has 4 rings (SSSR count). The number of nitrogens with one attached hydrogen (secondary N) is 2. The van der Waals surface area contributed by atoms with Gasteiger partial charge in [-0.05, 0) is 25.0 Å². The third-order valence-electron chi connectivity index (χ3n) is 4.94. The molecule has 31 heavy (non-hydrogen) atoms. The zero-order valence-corrected chi connectivity index (χ0v) is 17.1. The van der Waals surface area contributed by atoms with Crippen molar-refractivity contribution in [1.29, 1.82) is 5.26 Å². The monoisotopic (exact) mass is 461 g/mol. The molecule has 13 heteroatoms. The van der Waals surface area contributed by atoms with Gasteiger partial charge in [0.15, 0.2) is 5.75 Å². The average molecular weight is 462 g/mol. The van der Waals surface area contributed by atoms with E-state index in [0.717, 1.165) is 11.1 Å². The van der Waals surface area contributed by atoms with Crippen molar-refractivity contribution in [2.75, 3.05) is 5.73 Å². The van der Waals surface area contributed by atoms with Gasteiger partial charge in [-0.3, -0.25) is 14.6 Å². The maximum atomic E-state index is 12.1. The lowest BCUT2D eigenvalue weighted by Crippen LogP contribution is -2.33. The number of ether oxygens (including phenoxy) is 1. The summed E-state index contributed by atoms with van der Waals surface area (Å²) in [5.74, 6) is -0.801. The quantitative estimate of drug-likeness (QED) is 0.525. The standard InChI is InChI=1S/C18H13Cl2N7O4/c19-11-3-8(27-18(30)23-17(29)15(22)26-27)4-12(20)14(11)31-13-5-10(16(28)25-24-13)9-2-1-7(9)6-21/h3-5,7,9H,1-2H2,(H2,22,26)(H,25,28)(H,23,29,30)/t7-,9+/m0/s1. The molecule has 3 aromatic rings. The van der Waals surface area contributed by atoms with Crippen molar-refractivity contribution < 1.29 is 4.74 Å². The number of hydrogen-bond donors (Lipinski definition) is 3. The van der Waals surface area contributed by atoms with Gasteiger partial charge in [-0.15, -0.1) is 10.2 Å². The van der Waals surface area contributed by atoms with E-state index in [2.05, 4.69) is 21.4 Å². The lowest BCUT2D eigenvalue weighted by atomic mass is 9.71. The van der Waals surface area contributed by atoms with Crippen LogP contribution in [-0.2, 0) is 0 Å². The molecule has 0 radical (unpaired) electrons. The molecule has 2 heterocycles. The Labute approximate surface area is 183 Å². The first kappa shape index (κ1) is 20.6. The molecule has 1 saturated carbocycles. The van der Waals surface area contributed by atoms with E-state index in [-0.39, 0.29) is 39.2 Å². The van der Waals surface area contributed by atoms with Crippen molar-refractivity contribution >= 4 is 29.0 Å². The van der Waals surface area contributed by atoms with Crippen molar-refractivity contribution in [2.24, 2.45) is 5.92 Å². The van der Waals surface area contributed by atoms with Crippen molar-refractivity contribution in [3.63, 3.8) is 0 Å². The van der Waals surface area contributed by atoms with Gasteiger partial charge in [0, 0.05) is 17.5 Å². The van der Waals surface area contributed by atoms with E-state index in [0.29, 0.717) is 12.0 Å². The molecule has 4 N–H and O–H groups in total. The first-order valence-electron chi connectivity index (χ1n) is 8.94. The normalized spacial score (nSPS) is 17.6. The molecule has 0 bridgehead atoms. The molecule has 1 aliphatic rings. The SMILES string of the molecule is N#C[C@@H]1CC[C@H]1c1cc(Oc2c(Cl)cc(-n3nc(N)c(=O)[nH]c3=O)cc2Cl)n[nH]c1=O. The molecule has 1 fully saturated rings. The Kier molecular flexibility index (Phi) is 5.26. The molecular weight excluding hydrogens is 449 g/mol. The third kappa shape index (κ3) is 3.78. The van der Waals surface area contributed by atoms with Gasteiger partial charge in [0.2, 0.25) is 11.7 Å². The Balaban J connectivity index is 1.69. The molecule has 2 aromatic heterocycles. The fourth-order valence-corrected chi connectivity index (χ4v) is 3.77. The van der Waals surface area contributed by atoms with Crippen LogP contribution in [0.15, 0.2) is 32.6 Å². The van der Waals surface area contributed by atoms with Gasteiger partial charge in [0.25, 0.3) is 11.1 Å². The van der Waals surface area contributed by atoms with Crippen LogP contribution in [0, 0.1) is 17.2 Å². The van der Waals surface area contributed by atoms with Crippen molar-refractivity contribution in [1.82, 2.24) is 25.0 Å². The van der Waals surface area contributed by atoms with Crippen LogP contribution in [0.2, 0.25) is 10.0 Å². The van der Waals surface area contributed by atoms with Crippen LogP contribution < -0.4 is 27.3 Å². The van der Waals surface area contributed by atoms with E-state index in [1.807, 2.05) is 4.98 Å². The number of rotatable bonds is 4. The summed E-state index contributed by atoms with van der Waals surface area (Å²) in [5.41, 5.74) is 3.94. The Hall–Kier alpha value is -3.62. The number of nitriles is 1. The number of H-pyrrole nitrogens is 2. The summed E-state index contributed by atoms with van der Waals surface area (Å²) in [7, 11) is 0. The van der Waals surface area contributed by atoms with Crippen molar-refractivity contribution in [3.05, 3.63) is 65.0 Å². The minimum atomic E-state index is -0.834. The number of aromatic nitrogens is 5. The van der Waals surface area contributed by atoms with Crippen LogP contribution in [-0.4, -0.2) is 25.0 Å². The van der Waals surface area contributed by atoms with Gasteiger partial charge in [0.05, 0.1) is 27.7 Å². The predicted octanol–water partition coefficient (Wildman–Crippen LogP) is 1.70. The molecule has 1 aromatic carbocycles. The summed E-state index contributed by atoms with van der Waals surface area (Å²) in [6.45, 7) is 0. The lowest BCUT2D eigenvalue weighted by Gasteiger charge is -2.30. The number of nitrogens with two attached hydrogens (primary N) is 1. The molecule has 0 aliphatic heterocycles. The summed E-state index contributed by atoms with van der Waals surface area (Å²) in [4.78, 5) is 37.6. The van der Waals surface area contributed by atoms with Crippen LogP contribution in [0.5, 0.6) is 11.6 Å². The van der Waals surface area contributed by atoms with Gasteiger partial charge in [-0.2, -0.15) is 9.94 Å². The Morgan fingerprint density at radius 2 is 1.87 bits per heavy atom. The second-order valence-electron chi connectivity index (χ2n) is 6.81. The number of aromatic amines is 2. The van der Waals surface area contributed by atoms with E-state index < -0.39 is 22.6 Å². The predicted molar refractivity (Wildman–Crippen MR) is 111 cm³/mol. The number of hydrogen-bond acceptors (Lipinski definition) is 8. The van der Waals surface area contributed by atoms with Crippen molar-refractivity contribution in [3.8, 4) is 23.4 Å². The van der Waals surface area contributed by atoms with Gasteiger partial charge in [-0.25, -0.2) is 9.89 Å². The first-order valence-corrected chi connectivity index (χ1v) is 9.69. The highest BCUT2D eigenvalue weighted by Crippen LogP contribution is 2.42. The smallest absolute Gasteiger partial charge is 0.349 e. The maximum Gasteiger partial charge on any atom is 0.349 e. The van der Waals surface area contributed by atoms with Gasteiger partial charge in [0.1, 0.15) is 0 Å². The summed E-state index contributed by atoms with van der Waals surface area (Å²) >= 11 is 12.6. The fourth-order valence-electron chi connectivity index (χ4n) is 3.21. The molecule has 2 atom stereocenters. The Morgan fingerprint density at radius 1 is 1.16 bits per heavy atom. The topological polar surface area (TPSA) is 173 Å². The largest absolute Gasteiger partial charge is 0.434 e. The number of benzene rings is 1. The molecular formula is C18H13Cl2N7O4. The summed E-state index contributed by atoms with van der Waals surface area (Å²) in [5, 5.41) is 19.1. The van der Waals surface area contributed by atoms with Crippen molar-refractivity contribution in [2.45, 2.75) is 18.8 Å². The molecule has 11 nitrogen and oxygen atoms in total. The van der Waals surface area contributed by atoms with Gasteiger partial charge >= 0.3 is 5.69 Å². The molecule has 0 amide bonds. The van der Waals surface area contributed by atoms with E-state index in [1.54, 1.807) is 0 Å². The minimum absolute atomic E-state index is 0.00840. The third-order valence-corrected chi connectivity index (χ3v) is 5.50. The number of anilines is 1. The van der Waals surface area contributed by atoms with E-state index in [4.69, 9.17) is 38.9 Å². The van der Waals surface area contributed by atoms with Gasteiger partial charge < -0.3 is 10.5 Å². The van der Waals surface area contributed by atoms with Crippen LogP contribution >= 0.6 is 23.2 Å². The fraction of sp³-hybridized carbons (Fsp3) is 0.222. The molecule has 1 aliphatic carbocycles. The minimum Gasteiger partial charge on any atom is -0.434 e. The van der Waals surface area contributed by atoms with E-state index >= 15 is 0 Å². The van der Waals surface area contributed by atoms with Crippen LogP contribution in [0.3, 0.4) is 0 Å². The molecule has 0 saturated heterocycles. The van der Waals surface area contributed by atoms with E-state index in [9.17, 15) is 14.4 Å². The number of nitrogen functional groups attached to an aromatic ring is 1. The van der Waals surface area contributed by atoms with Crippen LogP contribution in [0.1, 0.15) is 24.3 Å². The maximum absolute atomic E-state index is 12.1. The highest BCUT2D eigenvalue weighted by molar-refractivity contribution is 6.37. The Bertz CT molecular complexity index is 1380. The second-order valence-corrected chi connectivity index (χ2v) is 7.62. The lowest BCUT2D eigenvalue weighted by molar-refractivity contribution is 0.320. The van der Waals surface area contributed by atoms with Gasteiger partial charge in [-0.1, -0.05) is 23.2 Å². The average Bonchev–Trinajstić information content (AvgIpc) is 2.69. The van der Waals surface area contributed by atoms with Crippen LogP contribution in [0.25, 0.3) is 5.69 Å². The highest BCUT2D eigenvalue weighted by Gasteiger charge is 2.34. The van der Waals surface area contributed by atoms with E-state index in [1.165, 1.54) is 18.2 Å². The number of nitrogens with zero attached hydrogens (tertiary/aromatic N) is 4. The summed E-state index contributed by atoms with van der Waals surface area (Å²) in [6, 6.07) is 6.29. The first-order chi connectivity index (χ1) is 14.8. The van der Waals surface area contributed by atoms with Crippen LogP contribution in [0.4, 0.5) is 5.82 Å². The second kappa shape index (κ2) is 7.90. The zero-order chi connectivity index (χ0) is 22.3. The zero-order valence-electron chi connectivity index (χ0n) is 15.6. The molecule has 0 spiro atoms.